The van der Waals surface area contributed by atoms with Crippen LogP contribution < -0.4 is 9.80 Å². The molecule has 0 amide bonds. The van der Waals surface area contributed by atoms with Gasteiger partial charge in [0.25, 0.3) is 0 Å². The summed E-state index contributed by atoms with van der Waals surface area (Å²) in [6.07, 6.45) is 0. The Balaban J connectivity index is 1.01. The summed E-state index contributed by atoms with van der Waals surface area (Å²) in [6.45, 7) is 0. The van der Waals surface area contributed by atoms with E-state index in [1.165, 1.54) is 28.2 Å². The fourth-order valence-electron chi connectivity index (χ4n) is 10.8. The zero-order chi connectivity index (χ0) is 48.2. The lowest BCUT2D eigenvalue weighted by molar-refractivity contribution is 1.28. The number of para-hydroxylation sites is 4. The molecule has 73 heavy (non-hydrogen) atoms. The third-order valence-electron chi connectivity index (χ3n) is 14.1. The standard InChI is InChI=1S/C66H42N6S/c1-7-19-43(20-8-1)53-39-41-55-60-56(42-40-54(59(53)60)44-21-9-2-10-22-44)62-61(55)67-63-57(45-31-35-51(36-32-45)71(47-23-11-3-12-24-47)48-25-13-4-14-26-48)65-66(70-73-69-65)58(64(63)68-62)46-33-37-52(38-34-46)72(49-27-15-5-16-28-49)50-29-17-6-18-30-50/h1-42H. The van der Waals surface area contributed by atoms with Crippen LogP contribution in [-0.4, -0.2) is 18.7 Å². The Morgan fingerprint density at radius 3 is 0.877 bits per heavy atom. The maximum Gasteiger partial charge on any atom is 0.115 e. The van der Waals surface area contributed by atoms with E-state index in [4.69, 9.17) is 18.7 Å². The first-order valence-electron chi connectivity index (χ1n) is 24.5. The summed E-state index contributed by atoms with van der Waals surface area (Å²) in [5, 5.41) is 2.35. The molecule has 0 fully saturated rings. The molecule has 0 bridgehead atoms. The van der Waals surface area contributed by atoms with Crippen LogP contribution in [0.1, 0.15) is 0 Å². The van der Waals surface area contributed by atoms with E-state index < -0.39 is 0 Å². The monoisotopic (exact) mass is 950 g/mol. The number of rotatable bonds is 10. The number of nitrogens with zero attached hydrogens (tertiary/aromatic N) is 6. The number of aromatic nitrogens is 4. The third kappa shape index (κ3) is 7.16. The molecule has 0 unspecified atom stereocenters. The van der Waals surface area contributed by atoms with E-state index in [-0.39, 0.29) is 0 Å². The Kier molecular flexibility index (Phi) is 10.3. The molecular formula is C66H42N6S. The number of benzene rings is 11. The van der Waals surface area contributed by atoms with Crippen molar-refractivity contribution < 1.29 is 0 Å². The van der Waals surface area contributed by atoms with E-state index in [9.17, 15) is 0 Å². The van der Waals surface area contributed by atoms with Gasteiger partial charge in [-0.25, -0.2) is 9.97 Å². The van der Waals surface area contributed by atoms with E-state index in [0.717, 1.165) is 117 Å². The number of fused-ring (bicyclic) bond motifs is 5. The first kappa shape index (κ1) is 42.3. The molecule has 0 atom stereocenters. The van der Waals surface area contributed by atoms with Crippen molar-refractivity contribution >= 4 is 78.7 Å². The van der Waals surface area contributed by atoms with E-state index in [1.54, 1.807) is 0 Å². The minimum absolute atomic E-state index is 0.778. The Hall–Kier alpha value is -9.56. The Morgan fingerprint density at radius 1 is 0.247 bits per heavy atom. The molecule has 0 saturated carbocycles. The van der Waals surface area contributed by atoms with Gasteiger partial charge in [-0.1, -0.05) is 182 Å². The van der Waals surface area contributed by atoms with Crippen LogP contribution in [0.15, 0.2) is 255 Å². The lowest BCUT2D eigenvalue weighted by Gasteiger charge is -2.25. The van der Waals surface area contributed by atoms with Gasteiger partial charge in [0.15, 0.2) is 0 Å². The fraction of sp³-hybridized carbons (Fsp3) is 0. The first-order valence-corrected chi connectivity index (χ1v) is 25.2. The van der Waals surface area contributed by atoms with Crippen molar-refractivity contribution in [1.82, 2.24) is 18.7 Å². The lowest BCUT2D eigenvalue weighted by Crippen LogP contribution is -2.09. The highest BCUT2D eigenvalue weighted by Gasteiger charge is 2.31. The van der Waals surface area contributed by atoms with Crippen molar-refractivity contribution in [2.75, 3.05) is 9.80 Å². The summed E-state index contributed by atoms with van der Waals surface area (Å²) in [4.78, 5) is 16.2. The highest BCUT2D eigenvalue weighted by molar-refractivity contribution is 7.00. The molecule has 6 nitrogen and oxygen atoms in total. The molecule has 1 aliphatic carbocycles. The largest absolute Gasteiger partial charge is 0.311 e. The van der Waals surface area contributed by atoms with Crippen molar-refractivity contribution in [1.29, 1.82) is 0 Å². The van der Waals surface area contributed by atoms with Crippen molar-refractivity contribution in [3.8, 4) is 67.0 Å². The summed E-state index contributed by atoms with van der Waals surface area (Å²) in [5.74, 6) is 0. The van der Waals surface area contributed by atoms with Crippen LogP contribution in [0.5, 0.6) is 0 Å². The molecule has 2 heterocycles. The van der Waals surface area contributed by atoms with Crippen molar-refractivity contribution in [3.63, 3.8) is 0 Å². The molecule has 342 valence electrons. The van der Waals surface area contributed by atoms with Gasteiger partial charge >= 0.3 is 0 Å². The van der Waals surface area contributed by atoms with Crippen LogP contribution in [-0.2, 0) is 0 Å². The molecule has 7 heteroatoms. The van der Waals surface area contributed by atoms with Gasteiger partial charge in [-0.05, 0) is 112 Å². The highest BCUT2D eigenvalue weighted by Crippen LogP contribution is 2.53. The van der Waals surface area contributed by atoms with Crippen LogP contribution in [0, 0.1) is 0 Å². The van der Waals surface area contributed by atoms with E-state index in [0.29, 0.717) is 0 Å². The summed E-state index contributed by atoms with van der Waals surface area (Å²) in [5.41, 5.74) is 21.8. The van der Waals surface area contributed by atoms with E-state index in [2.05, 4.69) is 265 Å². The van der Waals surface area contributed by atoms with Crippen LogP contribution in [0.2, 0.25) is 0 Å². The minimum atomic E-state index is 0.778. The number of anilines is 6. The smallest absolute Gasteiger partial charge is 0.115 e. The molecule has 13 aromatic rings. The predicted molar refractivity (Wildman–Crippen MR) is 304 cm³/mol. The Morgan fingerprint density at radius 2 is 0.534 bits per heavy atom. The summed E-state index contributed by atoms with van der Waals surface area (Å²) >= 11 is 1.23. The van der Waals surface area contributed by atoms with E-state index >= 15 is 0 Å². The molecule has 2 aromatic heterocycles. The van der Waals surface area contributed by atoms with Gasteiger partial charge in [0.2, 0.25) is 0 Å². The highest BCUT2D eigenvalue weighted by atomic mass is 32.1. The van der Waals surface area contributed by atoms with Gasteiger partial charge in [-0.3, -0.25) is 0 Å². The van der Waals surface area contributed by atoms with Gasteiger partial charge in [-0.15, -0.1) is 0 Å². The SMILES string of the molecule is c1ccc(-c2ccc3c4c(ccc(-c5ccccc5)c24)-c2nc4c(-c5ccc(N(c6ccccc6)c6ccccc6)cc5)c5nsnc5c(-c5ccc(N(c6ccccc6)c6ccccc6)cc5)c4nc2-3)cc1. The molecule has 0 saturated heterocycles. The van der Waals surface area contributed by atoms with E-state index in [1.807, 2.05) is 0 Å². The Labute approximate surface area is 426 Å². The zero-order valence-corrected chi connectivity index (χ0v) is 40.2. The van der Waals surface area contributed by atoms with Crippen LogP contribution in [0.3, 0.4) is 0 Å². The van der Waals surface area contributed by atoms with Crippen LogP contribution >= 0.6 is 11.7 Å². The van der Waals surface area contributed by atoms with Gasteiger partial charge < -0.3 is 9.80 Å². The number of hydrogen-bond acceptors (Lipinski definition) is 7. The summed E-state index contributed by atoms with van der Waals surface area (Å²) in [7, 11) is 0. The van der Waals surface area contributed by atoms with Gasteiger partial charge in [-0.2, -0.15) is 8.75 Å². The van der Waals surface area contributed by atoms with Gasteiger partial charge in [0.1, 0.15) is 22.1 Å². The average Bonchev–Trinajstić information content (AvgIpc) is 4.11. The summed E-state index contributed by atoms with van der Waals surface area (Å²) < 4.78 is 10.2. The number of hydrogen-bond donors (Lipinski definition) is 0. The maximum absolute atomic E-state index is 5.83. The van der Waals surface area contributed by atoms with Crippen LogP contribution in [0.25, 0.3) is 99.9 Å². The molecule has 14 rings (SSSR count). The van der Waals surface area contributed by atoms with Gasteiger partial charge in [0.05, 0.1) is 23.1 Å². The quantitative estimate of drug-likeness (QED) is 0.136. The third-order valence-corrected chi connectivity index (χ3v) is 14.6. The first-order chi connectivity index (χ1) is 36.2. The normalized spacial score (nSPS) is 11.6. The molecule has 11 aromatic carbocycles. The molecule has 0 radical (unpaired) electrons. The minimum Gasteiger partial charge on any atom is -0.311 e. The molecule has 0 N–H and O–H groups in total. The maximum atomic E-state index is 5.83. The molecule has 0 spiro atoms. The predicted octanol–water partition coefficient (Wildman–Crippen LogP) is 18.0. The fourth-order valence-corrected chi connectivity index (χ4v) is 11.4. The Bertz CT molecular complexity index is 3810. The average molecular weight is 951 g/mol. The topological polar surface area (TPSA) is 58.0 Å². The van der Waals surface area contributed by atoms with Crippen LogP contribution in [0.4, 0.5) is 34.1 Å². The summed E-state index contributed by atoms with van der Waals surface area (Å²) in [6, 6.07) is 90.0. The second-order valence-electron chi connectivity index (χ2n) is 18.2. The molecular weight excluding hydrogens is 909 g/mol. The second kappa shape index (κ2) is 17.7. The van der Waals surface area contributed by atoms with Crippen molar-refractivity contribution in [2.45, 2.75) is 0 Å². The second-order valence-corrected chi connectivity index (χ2v) is 18.8. The molecule has 1 aliphatic rings. The zero-order valence-electron chi connectivity index (χ0n) is 39.3. The lowest BCUT2D eigenvalue weighted by atomic mass is 9.89. The van der Waals surface area contributed by atoms with Crippen molar-refractivity contribution in [3.05, 3.63) is 255 Å². The van der Waals surface area contributed by atoms with Crippen molar-refractivity contribution in [2.24, 2.45) is 0 Å². The van der Waals surface area contributed by atoms with Gasteiger partial charge in [0, 0.05) is 61.8 Å². The molecule has 0 aliphatic heterocycles.